The minimum atomic E-state index is -0.317. The Hall–Kier alpha value is -1.46. The van der Waals surface area contributed by atoms with E-state index in [1.165, 1.54) is 0 Å². The molecule has 3 atom stereocenters. The first-order valence-electron chi connectivity index (χ1n) is 7.10. The van der Waals surface area contributed by atoms with Gasteiger partial charge in [0.2, 0.25) is 0 Å². The molecule has 1 saturated heterocycles. The summed E-state index contributed by atoms with van der Waals surface area (Å²) in [5, 5.41) is 14.5. The molecule has 5 heteroatoms. The Kier molecular flexibility index (Phi) is 4.73. The third-order valence-electron chi connectivity index (χ3n) is 3.90. The molecule has 1 aromatic rings. The molecule has 1 heterocycles. The molecule has 110 valence electrons. The lowest BCUT2D eigenvalue weighted by atomic mass is 10.00. The minimum absolute atomic E-state index is 0.101. The van der Waals surface area contributed by atoms with Crippen molar-refractivity contribution in [2.24, 2.45) is 0 Å². The summed E-state index contributed by atoms with van der Waals surface area (Å²) in [6.45, 7) is 6.67. The van der Waals surface area contributed by atoms with Crippen LogP contribution < -0.4 is 5.32 Å². The maximum Gasteiger partial charge on any atom is 0.272 e. The summed E-state index contributed by atoms with van der Waals surface area (Å²) in [6.07, 6.45) is 2.25. The summed E-state index contributed by atoms with van der Waals surface area (Å²) < 4.78 is 5.53. The molecule has 20 heavy (non-hydrogen) atoms. The van der Waals surface area contributed by atoms with Gasteiger partial charge in [0.1, 0.15) is 0 Å². The predicted octanol–water partition coefficient (Wildman–Crippen LogP) is 3.12. The maximum absolute atomic E-state index is 11.0. The zero-order valence-electron chi connectivity index (χ0n) is 12.3. The lowest BCUT2D eigenvalue weighted by molar-refractivity contribution is -0.385. The third kappa shape index (κ3) is 3.55. The average Bonchev–Trinajstić information content (AvgIpc) is 2.38. The summed E-state index contributed by atoms with van der Waals surface area (Å²) in [6, 6.07) is 5.97. The molecular weight excluding hydrogens is 256 g/mol. The highest BCUT2D eigenvalue weighted by Crippen LogP contribution is 2.24. The van der Waals surface area contributed by atoms with Crippen molar-refractivity contribution in [3.63, 3.8) is 0 Å². The molecule has 1 aliphatic rings. The van der Waals surface area contributed by atoms with Crippen molar-refractivity contribution in [1.82, 2.24) is 5.32 Å². The second kappa shape index (κ2) is 6.33. The van der Waals surface area contributed by atoms with Crippen LogP contribution in [0.1, 0.15) is 43.9 Å². The number of nitro groups is 1. The topological polar surface area (TPSA) is 64.4 Å². The molecule has 0 amide bonds. The van der Waals surface area contributed by atoms with E-state index in [4.69, 9.17) is 4.74 Å². The van der Waals surface area contributed by atoms with E-state index in [0.29, 0.717) is 11.6 Å². The summed E-state index contributed by atoms with van der Waals surface area (Å²) in [4.78, 5) is 10.7. The highest BCUT2D eigenvalue weighted by Gasteiger charge is 2.22. The predicted molar refractivity (Wildman–Crippen MR) is 77.8 cm³/mol. The van der Waals surface area contributed by atoms with Gasteiger partial charge in [-0.2, -0.15) is 0 Å². The number of nitrogens with zero attached hydrogens (tertiary/aromatic N) is 1. The van der Waals surface area contributed by atoms with Crippen molar-refractivity contribution in [2.75, 3.05) is 6.61 Å². The molecule has 0 aromatic heterocycles. The van der Waals surface area contributed by atoms with E-state index in [0.717, 1.165) is 25.0 Å². The van der Waals surface area contributed by atoms with E-state index >= 15 is 0 Å². The van der Waals surface area contributed by atoms with Crippen LogP contribution in [-0.2, 0) is 4.74 Å². The molecule has 1 fully saturated rings. The molecule has 1 aromatic carbocycles. The lowest BCUT2D eigenvalue weighted by Crippen LogP contribution is -2.39. The van der Waals surface area contributed by atoms with Crippen LogP contribution in [0.3, 0.4) is 0 Å². The molecule has 2 rings (SSSR count). The Balaban J connectivity index is 2.07. The van der Waals surface area contributed by atoms with E-state index in [1.54, 1.807) is 13.0 Å². The smallest absolute Gasteiger partial charge is 0.272 e. The fourth-order valence-corrected chi connectivity index (χ4v) is 2.69. The van der Waals surface area contributed by atoms with Gasteiger partial charge in [0.15, 0.2) is 0 Å². The Morgan fingerprint density at radius 1 is 1.50 bits per heavy atom. The summed E-state index contributed by atoms with van der Waals surface area (Å²) in [5.41, 5.74) is 1.85. The number of hydrogen-bond acceptors (Lipinski definition) is 4. The number of nitro benzene ring substituents is 1. The Bertz CT molecular complexity index is 490. The van der Waals surface area contributed by atoms with Gasteiger partial charge in [-0.05, 0) is 39.2 Å². The molecule has 1 aliphatic heterocycles. The fraction of sp³-hybridized carbons (Fsp3) is 0.600. The molecule has 5 nitrogen and oxygen atoms in total. The molecule has 0 spiro atoms. The first-order valence-corrected chi connectivity index (χ1v) is 7.10. The normalized spacial score (nSPS) is 24.4. The highest BCUT2D eigenvalue weighted by molar-refractivity contribution is 5.43. The lowest BCUT2D eigenvalue weighted by Gasteiger charge is -2.30. The standard InChI is InChI=1S/C15H22N2O3/c1-10-4-5-13(9-15(10)17(18)19)12(3)16-14-6-7-20-11(2)8-14/h4-5,9,11-12,14,16H,6-8H2,1-3H3. The van der Waals surface area contributed by atoms with Crippen LogP contribution in [0, 0.1) is 17.0 Å². The average molecular weight is 278 g/mol. The van der Waals surface area contributed by atoms with Crippen LogP contribution in [0.25, 0.3) is 0 Å². The molecular formula is C15H22N2O3. The zero-order chi connectivity index (χ0) is 14.7. The van der Waals surface area contributed by atoms with Crippen LogP contribution in [0.2, 0.25) is 0 Å². The van der Waals surface area contributed by atoms with Gasteiger partial charge in [0, 0.05) is 30.3 Å². The fourth-order valence-electron chi connectivity index (χ4n) is 2.69. The third-order valence-corrected chi connectivity index (χ3v) is 3.90. The van der Waals surface area contributed by atoms with Crippen molar-refractivity contribution < 1.29 is 9.66 Å². The Morgan fingerprint density at radius 2 is 2.25 bits per heavy atom. The SMILES string of the molecule is Cc1ccc(C(C)NC2CCOC(C)C2)cc1[N+](=O)[O-]. The maximum atomic E-state index is 11.0. The number of nitrogens with one attached hydrogen (secondary N) is 1. The first kappa shape index (κ1) is 14.9. The van der Waals surface area contributed by atoms with Crippen molar-refractivity contribution in [1.29, 1.82) is 0 Å². The Labute approximate surface area is 119 Å². The van der Waals surface area contributed by atoms with Crippen LogP contribution in [-0.4, -0.2) is 23.7 Å². The Morgan fingerprint density at radius 3 is 2.90 bits per heavy atom. The van der Waals surface area contributed by atoms with Gasteiger partial charge >= 0.3 is 0 Å². The number of hydrogen-bond donors (Lipinski definition) is 1. The monoisotopic (exact) mass is 278 g/mol. The van der Waals surface area contributed by atoms with E-state index in [1.807, 2.05) is 12.1 Å². The van der Waals surface area contributed by atoms with Crippen LogP contribution in [0.5, 0.6) is 0 Å². The van der Waals surface area contributed by atoms with Gasteiger partial charge in [-0.1, -0.05) is 12.1 Å². The quantitative estimate of drug-likeness (QED) is 0.679. The minimum Gasteiger partial charge on any atom is -0.378 e. The highest BCUT2D eigenvalue weighted by atomic mass is 16.6. The van der Waals surface area contributed by atoms with E-state index in [2.05, 4.69) is 19.2 Å². The van der Waals surface area contributed by atoms with Gasteiger partial charge in [0.05, 0.1) is 11.0 Å². The molecule has 0 bridgehead atoms. The molecule has 0 saturated carbocycles. The van der Waals surface area contributed by atoms with Crippen molar-refractivity contribution in [2.45, 2.75) is 51.8 Å². The zero-order valence-corrected chi connectivity index (χ0v) is 12.3. The number of aryl methyl sites for hydroxylation is 1. The van der Waals surface area contributed by atoms with Gasteiger partial charge in [-0.3, -0.25) is 10.1 Å². The number of benzene rings is 1. The van der Waals surface area contributed by atoms with Crippen molar-refractivity contribution in [3.8, 4) is 0 Å². The molecule has 1 N–H and O–H groups in total. The van der Waals surface area contributed by atoms with E-state index in [-0.39, 0.29) is 22.8 Å². The second-order valence-corrected chi connectivity index (χ2v) is 5.59. The summed E-state index contributed by atoms with van der Waals surface area (Å²) in [5.74, 6) is 0. The van der Waals surface area contributed by atoms with E-state index < -0.39 is 0 Å². The molecule has 0 radical (unpaired) electrons. The number of ether oxygens (including phenoxy) is 1. The molecule has 3 unspecified atom stereocenters. The van der Waals surface area contributed by atoms with Gasteiger partial charge in [-0.25, -0.2) is 0 Å². The molecule has 0 aliphatic carbocycles. The summed E-state index contributed by atoms with van der Waals surface area (Å²) >= 11 is 0. The van der Waals surface area contributed by atoms with Crippen LogP contribution >= 0.6 is 0 Å². The van der Waals surface area contributed by atoms with E-state index in [9.17, 15) is 10.1 Å². The van der Waals surface area contributed by atoms with Crippen LogP contribution in [0.15, 0.2) is 18.2 Å². The van der Waals surface area contributed by atoms with Crippen molar-refractivity contribution in [3.05, 3.63) is 39.4 Å². The van der Waals surface area contributed by atoms with Gasteiger partial charge < -0.3 is 10.1 Å². The number of rotatable bonds is 4. The second-order valence-electron chi connectivity index (χ2n) is 5.59. The van der Waals surface area contributed by atoms with Gasteiger partial charge in [-0.15, -0.1) is 0 Å². The van der Waals surface area contributed by atoms with Gasteiger partial charge in [0.25, 0.3) is 5.69 Å². The summed E-state index contributed by atoms with van der Waals surface area (Å²) in [7, 11) is 0. The van der Waals surface area contributed by atoms with Crippen LogP contribution in [0.4, 0.5) is 5.69 Å². The van der Waals surface area contributed by atoms with Crippen molar-refractivity contribution >= 4 is 5.69 Å². The largest absolute Gasteiger partial charge is 0.378 e. The first-order chi connectivity index (χ1) is 9.47.